The molecule has 2 nitrogen and oxygen atoms in total. The molecule has 0 aliphatic heterocycles. The summed E-state index contributed by atoms with van der Waals surface area (Å²) in [4.78, 5) is 0. The van der Waals surface area contributed by atoms with Gasteiger partial charge in [-0.05, 0) is 48.9 Å². The second-order valence-electron chi connectivity index (χ2n) is 4.64. The molecule has 0 fully saturated rings. The van der Waals surface area contributed by atoms with Crippen LogP contribution >= 0.6 is 0 Å². The van der Waals surface area contributed by atoms with Crippen LogP contribution in [-0.2, 0) is 13.0 Å². The maximum atomic E-state index is 13.3. The zero-order valence-electron chi connectivity index (χ0n) is 11.9. The van der Waals surface area contributed by atoms with Crippen LogP contribution in [0.3, 0.4) is 0 Å². The molecule has 3 heteroatoms. The zero-order chi connectivity index (χ0) is 14.4. The van der Waals surface area contributed by atoms with Crippen molar-refractivity contribution in [2.75, 3.05) is 6.54 Å². The largest absolute Gasteiger partial charge is 0.457 e. The lowest BCUT2D eigenvalue weighted by molar-refractivity contribution is 0.470. The number of halogens is 1. The Morgan fingerprint density at radius 1 is 1.10 bits per heavy atom. The van der Waals surface area contributed by atoms with Gasteiger partial charge in [-0.25, -0.2) is 4.39 Å². The molecule has 0 atom stereocenters. The van der Waals surface area contributed by atoms with Crippen LogP contribution in [0.5, 0.6) is 11.5 Å². The lowest BCUT2D eigenvalue weighted by Crippen LogP contribution is -2.12. The third kappa shape index (κ3) is 3.81. The fourth-order valence-corrected chi connectivity index (χ4v) is 2.00. The molecule has 0 radical (unpaired) electrons. The Morgan fingerprint density at radius 3 is 2.70 bits per heavy atom. The molecule has 2 aromatic carbocycles. The van der Waals surface area contributed by atoms with Crippen LogP contribution < -0.4 is 10.1 Å². The van der Waals surface area contributed by atoms with Gasteiger partial charge < -0.3 is 10.1 Å². The summed E-state index contributed by atoms with van der Waals surface area (Å²) in [5.41, 5.74) is 2.05. The molecule has 0 aliphatic rings. The first-order valence-corrected chi connectivity index (χ1v) is 6.99. The summed E-state index contributed by atoms with van der Waals surface area (Å²) in [5.74, 6) is 1.24. The van der Waals surface area contributed by atoms with E-state index in [2.05, 4.69) is 18.3 Å². The van der Waals surface area contributed by atoms with Crippen molar-refractivity contribution in [2.45, 2.75) is 26.8 Å². The SMILES string of the molecule is CCNCc1cc(F)ccc1Oc1cccc(CC)c1. The smallest absolute Gasteiger partial charge is 0.132 e. The van der Waals surface area contributed by atoms with E-state index in [4.69, 9.17) is 4.74 Å². The molecule has 0 unspecified atom stereocenters. The Labute approximate surface area is 119 Å². The predicted molar refractivity (Wildman–Crippen MR) is 79.7 cm³/mol. The molecule has 0 aromatic heterocycles. The molecular formula is C17H20FNO. The molecule has 20 heavy (non-hydrogen) atoms. The molecule has 106 valence electrons. The third-order valence-corrected chi connectivity index (χ3v) is 3.12. The third-order valence-electron chi connectivity index (χ3n) is 3.12. The van der Waals surface area contributed by atoms with Gasteiger partial charge in [0.15, 0.2) is 0 Å². The lowest BCUT2D eigenvalue weighted by Gasteiger charge is -2.12. The van der Waals surface area contributed by atoms with Crippen molar-refractivity contribution >= 4 is 0 Å². The quantitative estimate of drug-likeness (QED) is 0.847. The first-order valence-electron chi connectivity index (χ1n) is 6.99. The minimum absolute atomic E-state index is 0.243. The summed E-state index contributed by atoms with van der Waals surface area (Å²) >= 11 is 0. The van der Waals surface area contributed by atoms with Gasteiger partial charge in [0, 0.05) is 12.1 Å². The first-order chi connectivity index (χ1) is 9.72. The summed E-state index contributed by atoms with van der Waals surface area (Å²) in [6.45, 7) is 5.55. The highest BCUT2D eigenvalue weighted by atomic mass is 19.1. The standard InChI is InChI=1S/C17H20FNO/c1-3-13-6-5-7-16(10-13)20-17-9-8-15(18)11-14(17)12-19-4-2/h5-11,19H,3-4,12H2,1-2H3. The molecule has 2 rings (SSSR count). The highest BCUT2D eigenvalue weighted by Crippen LogP contribution is 2.26. The maximum Gasteiger partial charge on any atom is 0.132 e. The van der Waals surface area contributed by atoms with Crippen LogP contribution in [0, 0.1) is 5.82 Å². The van der Waals surface area contributed by atoms with Gasteiger partial charge in [-0.1, -0.05) is 26.0 Å². The molecule has 0 amide bonds. The molecule has 0 saturated heterocycles. The van der Waals surface area contributed by atoms with Gasteiger partial charge in [0.2, 0.25) is 0 Å². The molecule has 0 bridgehead atoms. The van der Waals surface area contributed by atoms with E-state index in [0.29, 0.717) is 12.3 Å². The van der Waals surface area contributed by atoms with Gasteiger partial charge >= 0.3 is 0 Å². The highest BCUT2D eigenvalue weighted by Gasteiger charge is 2.07. The number of aryl methyl sites for hydroxylation is 1. The Bertz CT molecular complexity index is 569. The Balaban J connectivity index is 2.22. The van der Waals surface area contributed by atoms with E-state index < -0.39 is 0 Å². The van der Waals surface area contributed by atoms with Crippen LogP contribution in [0.2, 0.25) is 0 Å². The van der Waals surface area contributed by atoms with Crippen molar-refractivity contribution in [2.24, 2.45) is 0 Å². The minimum atomic E-state index is -0.243. The van der Waals surface area contributed by atoms with Crippen LogP contribution in [0.25, 0.3) is 0 Å². The zero-order valence-corrected chi connectivity index (χ0v) is 11.9. The number of hydrogen-bond donors (Lipinski definition) is 1. The topological polar surface area (TPSA) is 21.3 Å². The number of hydrogen-bond acceptors (Lipinski definition) is 2. The van der Waals surface area contributed by atoms with E-state index in [0.717, 1.165) is 24.3 Å². The summed E-state index contributed by atoms with van der Waals surface area (Å²) in [6, 6.07) is 12.6. The van der Waals surface area contributed by atoms with Crippen molar-refractivity contribution < 1.29 is 9.13 Å². The summed E-state index contributed by atoms with van der Waals surface area (Å²) in [5, 5.41) is 3.19. The van der Waals surface area contributed by atoms with Crippen LogP contribution in [-0.4, -0.2) is 6.54 Å². The van der Waals surface area contributed by atoms with Gasteiger partial charge in [0.05, 0.1) is 0 Å². The number of ether oxygens (including phenoxy) is 1. The number of benzene rings is 2. The van der Waals surface area contributed by atoms with Crippen molar-refractivity contribution in [3.63, 3.8) is 0 Å². The summed E-state index contributed by atoms with van der Waals surface area (Å²) < 4.78 is 19.2. The molecule has 0 spiro atoms. The minimum Gasteiger partial charge on any atom is -0.457 e. The Kier molecular flexibility index (Phi) is 5.13. The number of rotatable bonds is 6. The van der Waals surface area contributed by atoms with Crippen molar-refractivity contribution in [3.8, 4) is 11.5 Å². The first kappa shape index (κ1) is 14.5. The molecule has 0 aliphatic carbocycles. The second-order valence-corrected chi connectivity index (χ2v) is 4.64. The molecular weight excluding hydrogens is 253 g/mol. The predicted octanol–water partition coefficient (Wildman–Crippen LogP) is 4.29. The number of nitrogens with one attached hydrogen (secondary N) is 1. The van der Waals surface area contributed by atoms with Gasteiger partial charge in [-0.15, -0.1) is 0 Å². The van der Waals surface area contributed by atoms with Crippen molar-refractivity contribution in [1.29, 1.82) is 0 Å². The van der Waals surface area contributed by atoms with Gasteiger partial charge in [-0.3, -0.25) is 0 Å². The van der Waals surface area contributed by atoms with Crippen molar-refractivity contribution in [1.82, 2.24) is 5.32 Å². The van der Waals surface area contributed by atoms with Crippen LogP contribution in [0.15, 0.2) is 42.5 Å². The van der Waals surface area contributed by atoms with Crippen molar-refractivity contribution in [3.05, 3.63) is 59.4 Å². The Hall–Kier alpha value is -1.87. The maximum absolute atomic E-state index is 13.3. The van der Waals surface area contributed by atoms with E-state index in [-0.39, 0.29) is 5.82 Å². The van der Waals surface area contributed by atoms with Gasteiger partial charge in [-0.2, -0.15) is 0 Å². The Morgan fingerprint density at radius 2 is 1.95 bits per heavy atom. The van der Waals surface area contributed by atoms with Crippen LogP contribution in [0.1, 0.15) is 25.0 Å². The van der Waals surface area contributed by atoms with E-state index in [1.807, 2.05) is 25.1 Å². The average molecular weight is 273 g/mol. The van der Waals surface area contributed by atoms with Gasteiger partial charge in [0.1, 0.15) is 17.3 Å². The normalized spacial score (nSPS) is 10.6. The highest BCUT2D eigenvalue weighted by molar-refractivity contribution is 5.39. The lowest BCUT2D eigenvalue weighted by atomic mass is 10.1. The second kappa shape index (κ2) is 7.06. The van der Waals surface area contributed by atoms with E-state index in [9.17, 15) is 4.39 Å². The van der Waals surface area contributed by atoms with Gasteiger partial charge in [0.25, 0.3) is 0 Å². The van der Waals surface area contributed by atoms with E-state index in [1.54, 1.807) is 6.07 Å². The summed E-state index contributed by atoms with van der Waals surface area (Å²) in [6.07, 6.45) is 0.963. The summed E-state index contributed by atoms with van der Waals surface area (Å²) in [7, 11) is 0. The molecule has 1 N–H and O–H groups in total. The van der Waals surface area contributed by atoms with E-state index >= 15 is 0 Å². The average Bonchev–Trinajstić information content (AvgIpc) is 2.47. The molecule has 0 heterocycles. The van der Waals surface area contributed by atoms with Crippen LogP contribution in [0.4, 0.5) is 4.39 Å². The monoisotopic (exact) mass is 273 g/mol. The van der Waals surface area contributed by atoms with E-state index in [1.165, 1.54) is 17.7 Å². The fraction of sp³-hybridized carbons (Fsp3) is 0.294. The fourth-order valence-electron chi connectivity index (χ4n) is 2.00. The molecule has 2 aromatic rings. The molecule has 0 saturated carbocycles.